The summed E-state index contributed by atoms with van der Waals surface area (Å²) in [7, 11) is -3.30. The van der Waals surface area contributed by atoms with Crippen molar-refractivity contribution in [3.63, 3.8) is 0 Å². The number of pyridine rings is 3. The van der Waals surface area contributed by atoms with Gasteiger partial charge in [0.2, 0.25) is 15.8 Å². The Morgan fingerprint density at radius 2 is 1.82 bits per heavy atom. The van der Waals surface area contributed by atoms with Crippen LogP contribution in [-0.4, -0.2) is 50.9 Å². The van der Waals surface area contributed by atoms with E-state index in [0.29, 0.717) is 41.4 Å². The lowest BCUT2D eigenvalue weighted by Gasteiger charge is -2.16. The van der Waals surface area contributed by atoms with Crippen LogP contribution >= 0.6 is 0 Å². The van der Waals surface area contributed by atoms with Gasteiger partial charge in [-0.25, -0.2) is 13.4 Å². The molecule has 0 atom stereocenters. The molecule has 0 spiro atoms. The van der Waals surface area contributed by atoms with Gasteiger partial charge in [-0.15, -0.1) is 0 Å². The van der Waals surface area contributed by atoms with Crippen LogP contribution in [0.2, 0.25) is 0 Å². The zero-order valence-corrected chi connectivity index (χ0v) is 19.1. The number of fused-ring (bicyclic) bond motifs is 1. The number of sulfonamides is 1. The number of hydrogen-bond acceptors (Lipinski definition) is 7. The molecule has 5 rings (SSSR count). The van der Waals surface area contributed by atoms with Crippen molar-refractivity contribution in [1.82, 2.24) is 19.3 Å². The lowest BCUT2D eigenvalue weighted by molar-refractivity contribution is 0.103. The van der Waals surface area contributed by atoms with Crippen molar-refractivity contribution in [2.75, 3.05) is 12.3 Å². The molecule has 1 fully saturated rings. The van der Waals surface area contributed by atoms with Crippen molar-refractivity contribution >= 4 is 26.7 Å². The van der Waals surface area contributed by atoms with Crippen LogP contribution < -0.4 is 0 Å². The van der Waals surface area contributed by atoms with Crippen LogP contribution in [-0.2, 0) is 23.0 Å². The first-order valence-electron chi connectivity index (χ1n) is 10.9. The van der Waals surface area contributed by atoms with Gasteiger partial charge in [-0.3, -0.25) is 14.8 Å². The van der Waals surface area contributed by atoms with Crippen LogP contribution in [0.3, 0.4) is 0 Å². The number of ketones is 1. The highest BCUT2D eigenvalue weighted by atomic mass is 32.2. The molecule has 9 heteroatoms. The maximum Gasteiger partial charge on any atom is 0.215 e. The van der Waals surface area contributed by atoms with E-state index in [1.54, 1.807) is 36.7 Å². The number of hydrogen-bond donors (Lipinski definition) is 1. The first-order chi connectivity index (χ1) is 16.4. The van der Waals surface area contributed by atoms with Crippen LogP contribution in [0.25, 0.3) is 10.9 Å². The molecule has 0 amide bonds. The molecule has 1 N–H and O–H groups in total. The summed E-state index contributed by atoms with van der Waals surface area (Å²) >= 11 is 0. The summed E-state index contributed by atoms with van der Waals surface area (Å²) in [4.78, 5) is 26.2. The normalized spacial score (nSPS) is 15.5. The summed E-state index contributed by atoms with van der Waals surface area (Å²) in [6.07, 6.45) is 5.80. The van der Waals surface area contributed by atoms with Gasteiger partial charge in [0, 0.05) is 54.7 Å². The number of nitrogens with zero attached hydrogens (tertiary/aromatic N) is 4. The summed E-state index contributed by atoms with van der Waals surface area (Å²) in [6.45, 7) is 0.631. The molecule has 0 radical (unpaired) electrons. The number of rotatable bonds is 6. The van der Waals surface area contributed by atoms with E-state index in [1.165, 1.54) is 10.5 Å². The van der Waals surface area contributed by atoms with E-state index in [0.717, 1.165) is 11.3 Å². The van der Waals surface area contributed by atoms with Crippen LogP contribution in [0.15, 0.2) is 67.1 Å². The minimum atomic E-state index is -3.30. The Bertz CT molecular complexity index is 1490. The van der Waals surface area contributed by atoms with Crippen LogP contribution in [0.1, 0.15) is 39.3 Å². The molecule has 1 saturated heterocycles. The van der Waals surface area contributed by atoms with Crippen molar-refractivity contribution in [2.24, 2.45) is 0 Å². The van der Waals surface area contributed by atoms with E-state index in [2.05, 4.69) is 15.0 Å². The molecule has 3 aromatic heterocycles. The molecule has 1 aromatic carbocycles. The maximum atomic E-state index is 13.4. The zero-order valence-electron chi connectivity index (χ0n) is 18.3. The van der Waals surface area contributed by atoms with Crippen molar-refractivity contribution in [1.29, 1.82) is 0 Å². The van der Waals surface area contributed by atoms with Gasteiger partial charge in [0.1, 0.15) is 5.52 Å². The predicted molar refractivity (Wildman–Crippen MR) is 127 cm³/mol. The Morgan fingerprint density at radius 1 is 1.00 bits per heavy atom. The SMILES string of the molecule is O=C(c1cc(Cc2ccccn2)cc(CN2CCCS2(=O)=O)c1)c1ncc2cccnc2c1O. The Hall–Kier alpha value is -3.69. The number of aromatic hydroxyl groups is 1. The van der Waals surface area contributed by atoms with Gasteiger partial charge in [-0.05, 0) is 53.9 Å². The summed E-state index contributed by atoms with van der Waals surface area (Å²) in [5, 5.41) is 11.3. The molecule has 34 heavy (non-hydrogen) atoms. The molecule has 1 aliphatic rings. The number of aromatic nitrogens is 3. The van der Waals surface area contributed by atoms with E-state index in [-0.39, 0.29) is 23.7 Å². The lowest BCUT2D eigenvalue weighted by atomic mass is 9.97. The van der Waals surface area contributed by atoms with Gasteiger partial charge in [0.15, 0.2) is 11.4 Å². The van der Waals surface area contributed by atoms with Gasteiger partial charge in [-0.2, -0.15) is 4.31 Å². The van der Waals surface area contributed by atoms with Crippen molar-refractivity contribution in [2.45, 2.75) is 19.4 Å². The molecule has 8 nitrogen and oxygen atoms in total. The zero-order chi connectivity index (χ0) is 23.7. The van der Waals surface area contributed by atoms with Crippen molar-refractivity contribution in [3.05, 3.63) is 95.2 Å². The Kier molecular flexibility index (Phi) is 5.80. The Morgan fingerprint density at radius 3 is 2.59 bits per heavy atom. The average molecular weight is 475 g/mol. The second-order valence-electron chi connectivity index (χ2n) is 8.26. The van der Waals surface area contributed by atoms with E-state index >= 15 is 0 Å². The van der Waals surface area contributed by atoms with E-state index < -0.39 is 15.8 Å². The highest BCUT2D eigenvalue weighted by molar-refractivity contribution is 7.89. The topological polar surface area (TPSA) is 113 Å². The number of benzene rings is 1. The highest BCUT2D eigenvalue weighted by Crippen LogP contribution is 2.28. The fourth-order valence-corrected chi connectivity index (χ4v) is 5.71. The largest absolute Gasteiger partial charge is 0.504 e. The third-order valence-corrected chi connectivity index (χ3v) is 7.73. The van der Waals surface area contributed by atoms with Gasteiger partial charge in [-0.1, -0.05) is 12.1 Å². The van der Waals surface area contributed by atoms with Crippen LogP contribution in [0.4, 0.5) is 0 Å². The second kappa shape index (κ2) is 8.92. The molecule has 0 saturated carbocycles. The average Bonchev–Trinajstić information content (AvgIpc) is 3.17. The number of carbonyl (C=O) groups excluding carboxylic acids is 1. The molecule has 0 aliphatic carbocycles. The summed E-state index contributed by atoms with van der Waals surface area (Å²) < 4.78 is 26.1. The van der Waals surface area contributed by atoms with Gasteiger partial charge < -0.3 is 5.11 Å². The number of carbonyl (C=O) groups is 1. The summed E-state index contributed by atoms with van der Waals surface area (Å²) in [6, 6.07) is 14.4. The summed E-state index contributed by atoms with van der Waals surface area (Å²) in [5.41, 5.74) is 2.85. The predicted octanol–water partition coefficient (Wildman–Crippen LogP) is 3.09. The second-order valence-corrected chi connectivity index (χ2v) is 10.4. The molecule has 172 valence electrons. The third-order valence-electron chi connectivity index (χ3n) is 5.82. The van der Waals surface area contributed by atoms with Crippen molar-refractivity contribution in [3.8, 4) is 5.75 Å². The Balaban J connectivity index is 1.55. The fraction of sp³-hybridized carbons (Fsp3) is 0.200. The molecule has 1 aliphatic heterocycles. The van der Waals surface area contributed by atoms with Crippen LogP contribution in [0, 0.1) is 0 Å². The van der Waals surface area contributed by atoms with E-state index in [9.17, 15) is 18.3 Å². The van der Waals surface area contributed by atoms with Gasteiger partial charge in [0.05, 0.1) is 5.75 Å². The lowest BCUT2D eigenvalue weighted by Crippen LogP contribution is -2.25. The first-order valence-corrected chi connectivity index (χ1v) is 12.5. The minimum Gasteiger partial charge on any atom is -0.504 e. The monoisotopic (exact) mass is 474 g/mol. The minimum absolute atomic E-state index is 0.0964. The standard InChI is InChI=1S/C25H22N4O4S/c30-24(23-25(31)22-19(15-28-23)5-3-8-27-22)20-12-17(14-21-6-1-2-7-26-21)11-18(13-20)16-29-9-4-10-34(29,32)33/h1-3,5-8,11-13,15,31H,4,9-10,14,16H2. The van der Waals surface area contributed by atoms with E-state index in [4.69, 9.17) is 0 Å². The molecular formula is C25H22N4O4S. The summed E-state index contributed by atoms with van der Waals surface area (Å²) in [5.74, 6) is -0.603. The highest BCUT2D eigenvalue weighted by Gasteiger charge is 2.28. The molecule has 0 unspecified atom stereocenters. The molecular weight excluding hydrogens is 452 g/mol. The molecule has 0 bridgehead atoms. The fourth-order valence-electron chi connectivity index (χ4n) is 4.20. The van der Waals surface area contributed by atoms with Gasteiger partial charge >= 0.3 is 0 Å². The third kappa shape index (κ3) is 4.40. The smallest absolute Gasteiger partial charge is 0.215 e. The van der Waals surface area contributed by atoms with Gasteiger partial charge in [0.25, 0.3) is 0 Å². The maximum absolute atomic E-state index is 13.4. The molecule has 4 heterocycles. The molecule has 4 aromatic rings. The van der Waals surface area contributed by atoms with Crippen molar-refractivity contribution < 1.29 is 18.3 Å². The van der Waals surface area contributed by atoms with Crippen LogP contribution in [0.5, 0.6) is 5.75 Å². The first kappa shape index (κ1) is 22.1. The van der Waals surface area contributed by atoms with E-state index in [1.807, 2.05) is 24.3 Å². The Labute approximate surface area is 197 Å². The quantitative estimate of drug-likeness (QED) is 0.427.